The van der Waals surface area contributed by atoms with Gasteiger partial charge in [0.1, 0.15) is 5.75 Å². The summed E-state index contributed by atoms with van der Waals surface area (Å²) in [5, 5.41) is 19.1. The van der Waals surface area contributed by atoms with E-state index in [1.807, 2.05) is 0 Å². The highest BCUT2D eigenvalue weighted by molar-refractivity contribution is 6.42. The van der Waals surface area contributed by atoms with E-state index in [0.29, 0.717) is 10.8 Å². The van der Waals surface area contributed by atoms with E-state index in [2.05, 4.69) is 0 Å². The van der Waals surface area contributed by atoms with Crippen LogP contribution < -0.4 is 0 Å². The standard InChI is InChI=1S/C12H8O4/c13-10-6-5-9(11(14)12(15)16)7-3-1-2-4-8(7)10/h1-6,13H,(H,15,16). The third-order valence-corrected chi connectivity index (χ3v) is 2.34. The van der Waals surface area contributed by atoms with Crippen LogP contribution in [0.5, 0.6) is 5.75 Å². The number of hydrogen-bond acceptors (Lipinski definition) is 3. The van der Waals surface area contributed by atoms with Crippen LogP contribution in [0.1, 0.15) is 10.4 Å². The molecule has 0 saturated carbocycles. The van der Waals surface area contributed by atoms with E-state index in [0.717, 1.165) is 0 Å². The first-order valence-corrected chi connectivity index (χ1v) is 4.59. The second kappa shape index (κ2) is 3.66. The zero-order valence-corrected chi connectivity index (χ0v) is 8.18. The lowest BCUT2D eigenvalue weighted by molar-refractivity contribution is -0.131. The summed E-state index contributed by atoms with van der Waals surface area (Å²) in [6, 6.07) is 9.25. The Morgan fingerprint density at radius 3 is 2.19 bits per heavy atom. The van der Waals surface area contributed by atoms with Crippen molar-refractivity contribution in [2.75, 3.05) is 0 Å². The van der Waals surface area contributed by atoms with Crippen LogP contribution in [0.4, 0.5) is 0 Å². The molecular formula is C12H8O4. The van der Waals surface area contributed by atoms with Gasteiger partial charge in [-0.1, -0.05) is 24.3 Å². The molecule has 2 rings (SSSR count). The minimum Gasteiger partial charge on any atom is -0.507 e. The monoisotopic (exact) mass is 216 g/mol. The van der Waals surface area contributed by atoms with Gasteiger partial charge in [0.15, 0.2) is 0 Å². The largest absolute Gasteiger partial charge is 0.507 e. The number of carboxylic acids is 1. The van der Waals surface area contributed by atoms with Gasteiger partial charge >= 0.3 is 5.97 Å². The van der Waals surface area contributed by atoms with Gasteiger partial charge in [-0.25, -0.2) is 4.79 Å². The molecular weight excluding hydrogens is 208 g/mol. The fourth-order valence-corrected chi connectivity index (χ4v) is 1.60. The maximum atomic E-state index is 11.4. The molecule has 0 bridgehead atoms. The highest BCUT2D eigenvalue weighted by Gasteiger charge is 2.17. The molecule has 0 unspecified atom stereocenters. The van der Waals surface area contributed by atoms with Gasteiger partial charge in [0, 0.05) is 10.9 Å². The molecule has 0 aliphatic carbocycles. The molecule has 2 N–H and O–H groups in total. The quantitative estimate of drug-likeness (QED) is 0.593. The molecule has 0 aromatic heterocycles. The summed E-state index contributed by atoms with van der Waals surface area (Å²) in [6.45, 7) is 0. The predicted octanol–water partition coefficient (Wildman–Crippen LogP) is 1.81. The summed E-state index contributed by atoms with van der Waals surface area (Å²) >= 11 is 0. The molecule has 0 saturated heterocycles. The number of carboxylic acid groups (broad SMARTS) is 1. The summed E-state index contributed by atoms with van der Waals surface area (Å²) < 4.78 is 0. The van der Waals surface area contributed by atoms with E-state index in [1.54, 1.807) is 24.3 Å². The van der Waals surface area contributed by atoms with Crippen molar-refractivity contribution in [2.45, 2.75) is 0 Å². The van der Waals surface area contributed by atoms with Gasteiger partial charge in [0.2, 0.25) is 0 Å². The molecule has 0 fully saturated rings. The average molecular weight is 216 g/mol. The summed E-state index contributed by atoms with van der Waals surface area (Å²) in [5.74, 6) is -2.45. The number of aromatic hydroxyl groups is 1. The number of aliphatic carboxylic acids is 1. The molecule has 0 aliphatic rings. The van der Waals surface area contributed by atoms with Gasteiger partial charge in [-0.3, -0.25) is 4.79 Å². The summed E-state index contributed by atoms with van der Waals surface area (Å²) in [5.41, 5.74) is 0.0842. The lowest BCUT2D eigenvalue weighted by atomic mass is 10.0. The number of Topliss-reactive ketones (excluding diaryl/α,β-unsaturated/α-hetero) is 1. The normalized spacial score (nSPS) is 10.2. The summed E-state index contributed by atoms with van der Waals surface area (Å²) in [6.07, 6.45) is 0. The summed E-state index contributed by atoms with van der Waals surface area (Å²) in [4.78, 5) is 22.0. The van der Waals surface area contributed by atoms with E-state index >= 15 is 0 Å². The van der Waals surface area contributed by atoms with Crippen molar-refractivity contribution in [2.24, 2.45) is 0 Å². The number of ketones is 1. The maximum Gasteiger partial charge on any atom is 0.377 e. The van der Waals surface area contributed by atoms with Crippen molar-refractivity contribution in [1.82, 2.24) is 0 Å². The molecule has 16 heavy (non-hydrogen) atoms. The molecule has 0 radical (unpaired) electrons. The minimum absolute atomic E-state index is 0.0255. The lowest BCUT2D eigenvalue weighted by Gasteiger charge is -2.04. The Bertz CT molecular complexity index is 587. The van der Waals surface area contributed by atoms with Crippen molar-refractivity contribution in [1.29, 1.82) is 0 Å². The fraction of sp³-hybridized carbons (Fsp3) is 0. The second-order valence-electron chi connectivity index (χ2n) is 3.31. The average Bonchev–Trinajstić information content (AvgIpc) is 2.29. The summed E-state index contributed by atoms with van der Waals surface area (Å²) in [7, 11) is 0. The van der Waals surface area contributed by atoms with Crippen LogP contribution in [0.2, 0.25) is 0 Å². The van der Waals surface area contributed by atoms with Gasteiger partial charge in [0.05, 0.1) is 0 Å². The van der Waals surface area contributed by atoms with Gasteiger partial charge < -0.3 is 10.2 Å². The van der Waals surface area contributed by atoms with E-state index in [9.17, 15) is 14.7 Å². The SMILES string of the molecule is O=C(O)C(=O)c1ccc(O)c2ccccc12. The number of fused-ring (bicyclic) bond motifs is 1. The second-order valence-corrected chi connectivity index (χ2v) is 3.31. The van der Waals surface area contributed by atoms with Crippen LogP contribution in [0.3, 0.4) is 0 Å². The van der Waals surface area contributed by atoms with Crippen LogP contribution in [0.15, 0.2) is 36.4 Å². The van der Waals surface area contributed by atoms with Gasteiger partial charge in [-0.05, 0) is 17.5 Å². The first-order valence-electron chi connectivity index (χ1n) is 4.59. The zero-order valence-electron chi connectivity index (χ0n) is 8.18. The van der Waals surface area contributed by atoms with Crippen molar-refractivity contribution in [3.05, 3.63) is 42.0 Å². The Morgan fingerprint density at radius 1 is 0.938 bits per heavy atom. The highest BCUT2D eigenvalue weighted by Crippen LogP contribution is 2.27. The Kier molecular flexibility index (Phi) is 2.32. The Labute approximate surface area is 90.8 Å². The number of phenols is 1. The fourth-order valence-electron chi connectivity index (χ4n) is 1.60. The third kappa shape index (κ3) is 1.50. The number of hydrogen-bond donors (Lipinski definition) is 2. The van der Waals surface area contributed by atoms with Crippen LogP contribution in [0.25, 0.3) is 10.8 Å². The molecule has 0 atom stereocenters. The number of carbonyl (C=O) groups is 2. The molecule has 4 nitrogen and oxygen atoms in total. The molecule has 2 aromatic rings. The van der Waals surface area contributed by atoms with Crippen molar-refractivity contribution < 1.29 is 19.8 Å². The molecule has 0 aliphatic heterocycles. The van der Waals surface area contributed by atoms with Crippen molar-refractivity contribution in [3.8, 4) is 5.75 Å². The zero-order chi connectivity index (χ0) is 11.7. The number of rotatable bonds is 2. The molecule has 80 valence electrons. The Balaban J connectivity index is 2.77. The van der Waals surface area contributed by atoms with E-state index in [1.165, 1.54) is 12.1 Å². The highest BCUT2D eigenvalue weighted by atomic mass is 16.4. The molecule has 4 heteroatoms. The smallest absolute Gasteiger partial charge is 0.377 e. The topological polar surface area (TPSA) is 74.6 Å². The molecule has 0 spiro atoms. The van der Waals surface area contributed by atoms with Crippen molar-refractivity contribution in [3.63, 3.8) is 0 Å². The number of benzene rings is 2. The van der Waals surface area contributed by atoms with E-state index in [-0.39, 0.29) is 11.3 Å². The lowest BCUT2D eigenvalue weighted by Crippen LogP contribution is -2.12. The van der Waals surface area contributed by atoms with Gasteiger partial charge in [-0.2, -0.15) is 0 Å². The molecule has 2 aromatic carbocycles. The first-order chi connectivity index (χ1) is 7.61. The van der Waals surface area contributed by atoms with Gasteiger partial charge in [-0.15, -0.1) is 0 Å². The van der Waals surface area contributed by atoms with E-state index in [4.69, 9.17) is 5.11 Å². The van der Waals surface area contributed by atoms with Crippen LogP contribution in [0, 0.1) is 0 Å². The Morgan fingerprint density at radius 2 is 1.56 bits per heavy atom. The predicted molar refractivity (Wildman–Crippen MR) is 57.6 cm³/mol. The van der Waals surface area contributed by atoms with Crippen LogP contribution >= 0.6 is 0 Å². The molecule has 0 amide bonds. The van der Waals surface area contributed by atoms with E-state index < -0.39 is 11.8 Å². The minimum atomic E-state index is -1.50. The number of phenolic OH excluding ortho intramolecular Hbond substituents is 1. The van der Waals surface area contributed by atoms with Crippen LogP contribution in [-0.2, 0) is 4.79 Å². The third-order valence-electron chi connectivity index (χ3n) is 2.34. The molecule has 0 heterocycles. The first kappa shape index (κ1) is 10.2. The van der Waals surface area contributed by atoms with Crippen molar-refractivity contribution >= 4 is 22.5 Å². The van der Waals surface area contributed by atoms with Gasteiger partial charge in [0.25, 0.3) is 5.78 Å². The Hall–Kier alpha value is -2.36. The van der Waals surface area contributed by atoms with Crippen LogP contribution in [-0.4, -0.2) is 22.0 Å². The maximum absolute atomic E-state index is 11.4. The number of carbonyl (C=O) groups excluding carboxylic acids is 1.